The first-order chi connectivity index (χ1) is 14.6. The smallest absolute Gasteiger partial charge is 0.255 e. The van der Waals surface area contributed by atoms with Crippen LogP contribution < -0.4 is 11.1 Å². The zero-order chi connectivity index (χ0) is 21.3. The number of carbonyl (C=O) groups excluding carboxylic acids is 1. The lowest BCUT2D eigenvalue weighted by molar-refractivity contribution is 0.102. The Morgan fingerprint density at radius 3 is 2.43 bits per heavy atom. The number of rotatable bonds is 11. The van der Waals surface area contributed by atoms with Crippen molar-refractivity contribution in [3.05, 3.63) is 53.6 Å². The standard InChI is InChI=1S/C25H34N4O/c1-3-5-7-9-17-29-23-18-21(15-16-22(23)28-25(29)26)27-24(30)20-13-11-19(12-14-20)10-8-6-4-2/h11-16,18H,3-10,17H2,1-2H3,(H2,26,28)(H,27,30). The normalized spacial score (nSPS) is 11.1. The zero-order valence-electron chi connectivity index (χ0n) is 18.3. The molecule has 0 unspecified atom stereocenters. The van der Waals surface area contributed by atoms with Gasteiger partial charge in [0.1, 0.15) is 0 Å². The third-order valence-corrected chi connectivity index (χ3v) is 5.56. The number of aromatic nitrogens is 2. The van der Waals surface area contributed by atoms with E-state index in [-0.39, 0.29) is 5.91 Å². The second-order valence-corrected chi connectivity index (χ2v) is 7.99. The molecular weight excluding hydrogens is 372 g/mol. The number of carbonyl (C=O) groups is 1. The molecule has 0 saturated carbocycles. The van der Waals surface area contributed by atoms with Crippen LogP contribution in [-0.2, 0) is 13.0 Å². The van der Waals surface area contributed by atoms with E-state index in [4.69, 9.17) is 5.73 Å². The van der Waals surface area contributed by atoms with Gasteiger partial charge >= 0.3 is 0 Å². The van der Waals surface area contributed by atoms with Crippen molar-refractivity contribution in [3.63, 3.8) is 0 Å². The Morgan fingerprint density at radius 2 is 1.70 bits per heavy atom. The summed E-state index contributed by atoms with van der Waals surface area (Å²) in [5.74, 6) is 0.431. The molecule has 0 atom stereocenters. The second kappa shape index (κ2) is 10.8. The van der Waals surface area contributed by atoms with E-state index in [1.165, 1.54) is 44.1 Å². The van der Waals surface area contributed by atoms with E-state index in [1.807, 2.05) is 34.9 Å². The predicted molar refractivity (Wildman–Crippen MR) is 126 cm³/mol. The predicted octanol–water partition coefficient (Wildman–Crippen LogP) is 6.18. The van der Waals surface area contributed by atoms with Gasteiger partial charge in [0.2, 0.25) is 5.95 Å². The third kappa shape index (κ3) is 5.62. The van der Waals surface area contributed by atoms with E-state index in [2.05, 4.69) is 36.3 Å². The molecule has 0 aliphatic rings. The van der Waals surface area contributed by atoms with E-state index >= 15 is 0 Å². The minimum atomic E-state index is -0.101. The number of anilines is 2. The fraction of sp³-hybridized carbons (Fsp3) is 0.440. The minimum absolute atomic E-state index is 0.101. The van der Waals surface area contributed by atoms with Crippen molar-refractivity contribution < 1.29 is 4.79 Å². The summed E-state index contributed by atoms with van der Waals surface area (Å²) in [7, 11) is 0. The molecule has 0 fully saturated rings. The summed E-state index contributed by atoms with van der Waals surface area (Å²) in [6.07, 6.45) is 9.40. The fourth-order valence-corrected chi connectivity index (χ4v) is 3.76. The molecule has 30 heavy (non-hydrogen) atoms. The Labute approximate surface area is 179 Å². The van der Waals surface area contributed by atoms with Crippen LogP contribution in [0.15, 0.2) is 42.5 Å². The van der Waals surface area contributed by atoms with Crippen LogP contribution in [0.3, 0.4) is 0 Å². The fourth-order valence-electron chi connectivity index (χ4n) is 3.76. The van der Waals surface area contributed by atoms with Gasteiger partial charge in [0.25, 0.3) is 5.91 Å². The summed E-state index contributed by atoms with van der Waals surface area (Å²) in [4.78, 5) is 17.2. The quantitative estimate of drug-likeness (QED) is 0.373. The summed E-state index contributed by atoms with van der Waals surface area (Å²) in [5, 5.41) is 3.01. The van der Waals surface area contributed by atoms with Crippen molar-refractivity contribution in [1.82, 2.24) is 9.55 Å². The Morgan fingerprint density at radius 1 is 0.967 bits per heavy atom. The van der Waals surface area contributed by atoms with Crippen LogP contribution in [0.2, 0.25) is 0 Å². The molecule has 5 heteroatoms. The third-order valence-electron chi connectivity index (χ3n) is 5.56. The van der Waals surface area contributed by atoms with E-state index in [0.717, 1.165) is 36.1 Å². The highest BCUT2D eigenvalue weighted by Gasteiger charge is 2.11. The summed E-state index contributed by atoms with van der Waals surface area (Å²) in [5.41, 5.74) is 10.7. The van der Waals surface area contributed by atoms with Gasteiger partial charge in [0.05, 0.1) is 11.0 Å². The maximum atomic E-state index is 12.7. The Hall–Kier alpha value is -2.82. The lowest BCUT2D eigenvalue weighted by Gasteiger charge is -2.09. The van der Waals surface area contributed by atoms with E-state index < -0.39 is 0 Å². The molecule has 0 saturated heterocycles. The van der Waals surface area contributed by atoms with E-state index in [1.54, 1.807) is 0 Å². The monoisotopic (exact) mass is 406 g/mol. The number of nitrogens with zero attached hydrogens (tertiary/aromatic N) is 2. The number of hydrogen-bond acceptors (Lipinski definition) is 3. The lowest BCUT2D eigenvalue weighted by Crippen LogP contribution is -2.12. The molecule has 1 heterocycles. The summed E-state index contributed by atoms with van der Waals surface area (Å²) < 4.78 is 2.05. The first-order valence-corrected chi connectivity index (χ1v) is 11.3. The van der Waals surface area contributed by atoms with Crippen LogP contribution in [0.1, 0.15) is 74.7 Å². The highest BCUT2D eigenvalue weighted by atomic mass is 16.1. The van der Waals surface area contributed by atoms with Gasteiger partial charge < -0.3 is 15.6 Å². The zero-order valence-corrected chi connectivity index (χ0v) is 18.3. The number of nitrogens with one attached hydrogen (secondary N) is 1. The first-order valence-electron chi connectivity index (χ1n) is 11.3. The summed E-state index contributed by atoms with van der Waals surface area (Å²) in [6.45, 7) is 5.26. The van der Waals surface area contributed by atoms with Crippen molar-refractivity contribution >= 4 is 28.6 Å². The molecule has 2 aromatic carbocycles. The first kappa shape index (κ1) is 21.9. The molecule has 160 valence electrons. The number of hydrogen-bond donors (Lipinski definition) is 2. The lowest BCUT2D eigenvalue weighted by atomic mass is 10.1. The molecule has 3 N–H and O–H groups in total. The molecule has 0 aliphatic heterocycles. The van der Waals surface area contributed by atoms with Gasteiger partial charge in [-0.2, -0.15) is 0 Å². The second-order valence-electron chi connectivity index (χ2n) is 7.99. The number of aryl methyl sites for hydroxylation is 2. The molecule has 5 nitrogen and oxygen atoms in total. The number of amides is 1. The van der Waals surface area contributed by atoms with Gasteiger partial charge in [-0.3, -0.25) is 4.79 Å². The van der Waals surface area contributed by atoms with Gasteiger partial charge in [-0.25, -0.2) is 4.98 Å². The van der Waals surface area contributed by atoms with E-state index in [9.17, 15) is 4.79 Å². The van der Waals surface area contributed by atoms with Crippen molar-refractivity contribution in [3.8, 4) is 0 Å². The van der Waals surface area contributed by atoms with Crippen LogP contribution in [0.5, 0.6) is 0 Å². The average Bonchev–Trinajstić information content (AvgIpc) is 3.06. The average molecular weight is 407 g/mol. The number of unbranched alkanes of at least 4 members (excludes halogenated alkanes) is 5. The van der Waals surface area contributed by atoms with Crippen molar-refractivity contribution in [2.75, 3.05) is 11.1 Å². The SMILES string of the molecule is CCCCCCn1c(N)nc2ccc(NC(=O)c3ccc(CCCCC)cc3)cc21. The number of benzene rings is 2. The molecule has 0 bridgehead atoms. The molecule has 3 aromatic rings. The van der Waals surface area contributed by atoms with Crippen LogP contribution in [0, 0.1) is 0 Å². The van der Waals surface area contributed by atoms with Crippen LogP contribution in [0.4, 0.5) is 11.6 Å². The highest BCUT2D eigenvalue weighted by molar-refractivity contribution is 6.05. The minimum Gasteiger partial charge on any atom is -0.369 e. The van der Waals surface area contributed by atoms with Crippen LogP contribution in [0.25, 0.3) is 11.0 Å². The number of nitrogen functional groups attached to an aromatic ring is 1. The van der Waals surface area contributed by atoms with Gasteiger partial charge in [0.15, 0.2) is 0 Å². The molecule has 0 spiro atoms. The van der Waals surface area contributed by atoms with Gasteiger partial charge in [-0.1, -0.05) is 58.1 Å². The molecular formula is C25H34N4O. The van der Waals surface area contributed by atoms with Crippen LogP contribution in [-0.4, -0.2) is 15.5 Å². The van der Waals surface area contributed by atoms with Gasteiger partial charge in [0, 0.05) is 17.8 Å². The molecule has 3 rings (SSSR count). The molecule has 0 radical (unpaired) electrons. The largest absolute Gasteiger partial charge is 0.369 e. The molecule has 1 aromatic heterocycles. The highest BCUT2D eigenvalue weighted by Crippen LogP contribution is 2.23. The van der Waals surface area contributed by atoms with Gasteiger partial charge in [-0.05, 0) is 55.2 Å². The topological polar surface area (TPSA) is 72.9 Å². The summed E-state index contributed by atoms with van der Waals surface area (Å²) in [6, 6.07) is 13.7. The van der Waals surface area contributed by atoms with E-state index in [0.29, 0.717) is 11.5 Å². The van der Waals surface area contributed by atoms with Crippen molar-refractivity contribution in [2.45, 2.75) is 71.8 Å². The summed E-state index contributed by atoms with van der Waals surface area (Å²) >= 11 is 0. The maximum absolute atomic E-state index is 12.7. The Balaban J connectivity index is 1.68. The Bertz CT molecular complexity index is 959. The Kier molecular flexibility index (Phi) is 7.89. The number of imidazole rings is 1. The number of fused-ring (bicyclic) bond motifs is 1. The molecule has 0 aliphatic carbocycles. The van der Waals surface area contributed by atoms with Crippen molar-refractivity contribution in [2.24, 2.45) is 0 Å². The maximum Gasteiger partial charge on any atom is 0.255 e. The van der Waals surface area contributed by atoms with Crippen LogP contribution >= 0.6 is 0 Å². The van der Waals surface area contributed by atoms with Crippen molar-refractivity contribution in [1.29, 1.82) is 0 Å². The molecule has 1 amide bonds. The number of nitrogens with two attached hydrogens (primary N) is 1. The van der Waals surface area contributed by atoms with Gasteiger partial charge in [-0.15, -0.1) is 0 Å².